The lowest BCUT2D eigenvalue weighted by molar-refractivity contribution is 0.0455. The van der Waals surface area contributed by atoms with E-state index in [0.717, 1.165) is 0 Å². The molecule has 0 bridgehead atoms. The van der Waals surface area contributed by atoms with Crippen molar-refractivity contribution in [3.05, 3.63) is 74.5 Å². The minimum atomic E-state index is -2.15. The molecular weight excluding hydrogens is 461 g/mol. The number of hydrogen-bond acceptors (Lipinski definition) is 6. The maximum atomic E-state index is 14.0. The summed E-state index contributed by atoms with van der Waals surface area (Å²) in [5.41, 5.74) is -2.76. The number of ketones is 1. The van der Waals surface area contributed by atoms with Crippen molar-refractivity contribution in [2.24, 2.45) is 0 Å². The molecule has 0 fully saturated rings. The third-order valence-electron chi connectivity index (χ3n) is 5.64. The van der Waals surface area contributed by atoms with E-state index in [-0.39, 0.29) is 30.4 Å². The molecule has 0 aliphatic carbocycles. The van der Waals surface area contributed by atoms with Crippen LogP contribution >= 0.6 is 11.6 Å². The Balaban J connectivity index is 2.09. The fraction of sp³-hybridized carbons (Fsp3) is 0.346. The van der Waals surface area contributed by atoms with E-state index in [1.54, 1.807) is 20.8 Å². The van der Waals surface area contributed by atoms with E-state index in [4.69, 9.17) is 21.2 Å². The predicted octanol–water partition coefficient (Wildman–Crippen LogP) is 4.35. The standard InChI is InChI=1S/C26H25ClFNO5/c1-16-20-13-17(7-9-19(20)24(32)34-29-16)23(31)26(33,11-5-4-6-12-30)15-25(2,3)21-14-18(28)8-10-22(21)27/h7-10,13-14,30,33H,4,6,12,15H2,1-3H3. The molecule has 0 amide bonds. The number of halogens is 2. The highest BCUT2D eigenvalue weighted by Crippen LogP contribution is 2.38. The first kappa shape index (κ1) is 25.6. The van der Waals surface area contributed by atoms with Crippen molar-refractivity contribution in [2.75, 3.05) is 6.61 Å². The Hall–Kier alpha value is -3.05. The number of fused-ring (bicyclic) bond motifs is 1. The average Bonchev–Trinajstić information content (AvgIpc) is 2.79. The van der Waals surface area contributed by atoms with E-state index in [1.807, 2.05) is 0 Å². The molecule has 0 saturated carbocycles. The van der Waals surface area contributed by atoms with Crippen LogP contribution in [0.3, 0.4) is 0 Å². The van der Waals surface area contributed by atoms with Gasteiger partial charge in [0.15, 0.2) is 5.60 Å². The number of unbranched alkanes of at least 4 members (excludes halogenated alkanes) is 1. The highest BCUT2D eigenvalue weighted by atomic mass is 35.5. The molecule has 2 N–H and O–H groups in total. The first-order chi connectivity index (χ1) is 16.0. The number of aliphatic hydroxyl groups is 2. The Labute approximate surface area is 201 Å². The van der Waals surface area contributed by atoms with E-state index in [1.165, 1.54) is 36.4 Å². The zero-order valence-electron chi connectivity index (χ0n) is 19.1. The van der Waals surface area contributed by atoms with Gasteiger partial charge >= 0.3 is 5.63 Å². The first-order valence-electron chi connectivity index (χ1n) is 10.7. The van der Waals surface area contributed by atoms with Crippen LogP contribution in [0.15, 0.2) is 45.7 Å². The van der Waals surface area contributed by atoms with E-state index >= 15 is 0 Å². The van der Waals surface area contributed by atoms with Crippen LogP contribution in [0.2, 0.25) is 5.02 Å². The molecule has 1 aromatic heterocycles. The van der Waals surface area contributed by atoms with Crippen molar-refractivity contribution in [2.45, 2.75) is 51.0 Å². The van der Waals surface area contributed by atoms with Crippen LogP contribution in [0.1, 0.15) is 54.7 Å². The SMILES string of the molecule is Cc1noc(=O)c2ccc(C(=O)C(O)(C#CCCCO)CC(C)(C)c3cc(F)ccc3Cl)cc12. The molecule has 3 aromatic rings. The normalized spacial score (nSPS) is 13.3. The topological polar surface area (TPSA) is 101 Å². The summed E-state index contributed by atoms with van der Waals surface area (Å²) in [5, 5.41) is 25.3. The van der Waals surface area contributed by atoms with Gasteiger partial charge in [-0.2, -0.15) is 0 Å². The molecule has 2 aromatic carbocycles. The summed E-state index contributed by atoms with van der Waals surface area (Å²) < 4.78 is 18.7. The highest BCUT2D eigenvalue weighted by Gasteiger charge is 2.42. The molecule has 3 rings (SSSR count). The minimum Gasteiger partial charge on any atom is -0.396 e. The van der Waals surface area contributed by atoms with Gasteiger partial charge in [0.25, 0.3) is 0 Å². The van der Waals surface area contributed by atoms with Gasteiger partial charge in [-0.15, -0.1) is 0 Å². The van der Waals surface area contributed by atoms with Crippen molar-refractivity contribution >= 4 is 28.2 Å². The largest absolute Gasteiger partial charge is 0.396 e. The van der Waals surface area contributed by atoms with Gasteiger partial charge in [-0.3, -0.25) is 4.79 Å². The third kappa shape index (κ3) is 5.36. The van der Waals surface area contributed by atoms with Crippen molar-refractivity contribution < 1.29 is 23.9 Å². The fourth-order valence-electron chi connectivity index (χ4n) is 3.92. The number of hydrogen-bond donors (Lipinski definition) is 2. The van der Waals surface area contributed by atoms with E-state index < -0.39 is 28.2 Å². The zero-order valence-corrected chi connectivity index (χ0v) is 19.9. The van der Waals surface area contributed by atoms with Crippen molar-refractivity contribution in [1.29, 1.82) is 0 Å². The first-order valence-corrected chi connectivity index (χ1v) is 11.1. The summed E-state index contributed by atoms with van der Waals surface area (Å²) in [6, 6.07) is 8.26. The summed E-state index contributed by atoms with van der Waals surface area (Å²) >= 11 is 6.31. The lowest BCUT2D eigenvalue weighted by atomic mass is 9.73. The summed E-state index contributed by atoms with van der Waals surface area (Å²) in [6.07, 6.45) is 0.475. The van der Waals surface area contributed by atoms with Gasteiger partial charge in [-0.05, 0) is 54.7 Å². The Kier molecular flexibility index (Phi) is 7.57. The monoisotopic (exact) mass is 485 g/mol. The summed E-state index contributed by atoms with van der Waals surface area (Å²) in [4.78, 5) is 25.6. The number of benzene rings is 2. The Morgan fingerprint density at radius 3 is 2.65 bits per heavy atom. The number of carbonyl (C=O) groups excluding carboxylic acids is 1. The minimum absolute atomic E-state index is 0.0784. The second kappa shape index (κ2) is 10.1. The molecule has 0 spiro atoms. The number of rotatable bonds is 7. The van der Waals surface area contributed by atoms with Crippen LogP contribution in [-0.4, -0.2) is 33.4 Å². The lowest BCUT2D eigenvalue weighted by Crippen LogP contribution is -2.43. The van der Waals surface area contributed by atoms with Gasteiger partial charge in [0, 0.05) is 35.4 Å². The van der Waals surface area contributed by atoms with E-state index in [0.29, 0.717) is 28.1 Å². The van der Waals surface area contributed by atoms with Gasteiger partial charge in [0.2, 0.25) is 5.78 Å². The van der Waals surface area contributed by atoms with Crippen LogP contribution in [0.25, 0.3) is 10.8 Å². The molecule has 0 radical (unpaired) electrons. The van der Waals surface area contributed by atoms with Crippen LogP contribution < -0.4 is 5.63 Å². The lowest BCUT2D eigenvalue weighted by Gasteiger charge is -2.33. The summed E-state index contributed by atoms with van der Waals surface area (Å²) in [7, 11) is 0. The van der Waals surface area contributed by atoms with Crippen LogP contribution in [-0.2, 0) is 5.41 Å². The number of Topliss-reactive ketones (excluding diaryl/α,β-unsaturated/α-hetero) is 1. The highest BCUT2D eigenvalue weighted by molar-refractivity contribution is 6.31. The van der Waals surface area contributed by atoms with Crippen molar-refractivity contribution in [3.63, 3.8) is 0 Å². The Bertz CT molecular complexity index is 1350. The van der Waals surface area contributed by atoms with Crippen LogP contribution in [0.5, 0.6) is 0 Å². The molecule has 178 valence electrons. The number of aryl methyl sites for hydroxylation is 1. The molecule has 1 heterocycles. The zero-order chi connectivity index (χ0) is 25.1. The van der Waals surface area contributed by atoms with Gasteiger partial charge < -0.3 is 14.7 Å². The quantitative estimate of drug-likeness (QED) is 0.293. The number of aliphatic hydroxyl groups excluding tert-OH is 1. The van der Waals surface area contributed by atoms with E-state index in [9.17, 15) is 19.1 Å². The predicted molar refractivity (Wildman–Crippen MR) is 127 cm³/mol. The van der Waals surface area contributed by atoms with Crippen LogP contribution in [0.4, 0.5) is 4.39 Å². The average molecular weight is 486 g/mol. The number of nitrogens with zero attached hydrogens (tertiary/aromatic N) is 1. The summed E-state index contributed by atoms with van der Waals surface area (Å²) in [6.45, 7) is 5.03. The van der Waals surface area contributed by atoms with Gasteiger partial charge in [-0.25, -0.2) is 9.18 Å². The molecule has 0 aliphatic heterocycles. The Morgan fingerprint density at radius 1 is 1.21 bits per heavy atom. The number of carbonyl (C=O) groups is 1. The maximum absolute atomic E-state index is 14.0. The van der Waals surface area contributed by atoms with Crippen LogP contribution in [0, 0.1) is 24.6 Å². The maximum Gasteiger partial charge on any atom is 0.366 e. The number of aromatic nitrogens is 1. The van der Waals surface area contributed by atoms with Gasteiger partial charge in [0.1, 0.15) is 5.82 Å². The van der Waals surface area contributed by atoms with Crippen molar-refractivity contribution in [1.82, 2.24) is 5.16 Å². The molecule has 1 atom stereocenters. The Morgan fingerprint density at radius 2 is 1.94 bits per heavy atom. The third-order valence-corrected chi connectivity index (χ3v) is 5.97. The van der Waals surface area contributed by atoms with Crippen molar-refractivity contribution in [3.8, 4) is 11.8 Å². The molecular formula is C26H25ClFNO5. The second-order valence-electron chi connectivity index (χ2n) is 8.82. The molecule has 0 aliphatic rings. The fourth-order valence-corrected chi connectivity index (χ4v) is 4.29. The molecule has 1 unspecified atom stereocenters. The summed E-state index contributed by atoms with van der Waals surface area (Å²) in [5.74, 6) is 4.27. The van der Waals surface area contributed by atoms with Gasteiger partial charge in [0.05, 0.1) is 11.1 Å². The molecule has 34 heavy (non-hydrogen) atoms. The molecule has 0 saturated heterocycles. The molecule has 6 nitrogen and oxygen atoms in total. The second-order valence-corrected chi connectivity index (χ2v) is 9.23. The van der Waals surface area contributed by atoms with Gasteiger partial charge in [-0.1, -0.05) is 48.5 Å². The molecule has 8 heteroatoms. The van der Waals surface area contributed by atoms with E-state index in [2.05, 4.69) is 17.0 Å². The smallest absolute Gasteiger partial charge is 0.366 e.